The van der Waals surface area contributed by atoms with Crippen LogP contribution in [0.25, 0.3) is 11.3 Å². The lowest BCUT2D eigenvalue weighted by molar-refractivity contribution is 0.795. The second kappa shape index (κ2) is 6.36. The Morgan fingerprint density at radius 2 is 1.94 bits per heavy atom. The van der Waals surface area contributed by atoms with E-state index < -0.39 is 0 Å². The first-order valence-electron chi connectivity index (χ1n) is 6.66. The third-order valence-electron chi connectivity index (χ3n) is 3.16. The van der Waals surface area contributed by atoms with E-state index in [9.17, 15) is 0 Å². The summed E-state index contributed by atoms with van der Waals surface area (Å²) in [5, 5.41) is 0. The lowest BCUT2D eigenvalue weighted by Crippen LogP contribution is -2.04. The number of aromatic nitrogens is 2. The second-order valence-corrected chi connectivity index (χ2v) is 4.57. The average molecular weight is 243 g/mol. The third-order valence-corrected chi connectivity index (χ3v) is 3.16. The Morgan fingerprint density at radius 1 is 1.17 bits per heavy atom. The number of H-pyrrole nitrogens is 1. The van der Waals surface area contributed by atoms with Gasteiger partial charge in [0.25, 0.3) is 0 Å². The highest BCUT2D eigenvalue weighted by Crippen LogP contribution is 2.21. The molecule has 0 fully saturated rings. The number of rotatable bonds is 6. The molecule has 0 saturated heterocycles. The first-order chi connectivity index (χ1) is 8.85. The van der Waals surface area contributed by atoms with E-state index in [0.29, 0.717) is 6.54 Å². The van der Waals surface area contributed by atoms with Crippen molar-refractivity contribution in [2.45, 2.75) is 32.6 Å². The molecule has 0 aliphatic carbocycles. The molecule has 0 atom stereocenters. The summed E-state index contributed by atoms with van der Waals surface area (Å²) in [6, 6.07) is 8.71. The van der Waals surface area contributed by atoms with Crippen molar-refractivity contribution in [2.24, 2.45) is 5.73 Å². The maximum Gasteiger partial charge on any atom is 0.0929 e. The minimum absolute atomic E-state index is 0.643. The average Bonchev–Trinajstić information content (AvgIpc) is 2.86. The number of nitrogens with zero attached hydrogens (tertiary/aromatic N) is 1. The Labute approximate surface area is 108 Å². The van der Waals surface area contributed by atoms with Crippen LogP contribution < -0.4 is 5.73 Å². The third kappa shape index (κ3) is 2.99. The Balaban J connectivity index is 2.15. The predicted octanol–water partition coefficient (Wildman–Crippen LogP) is 2.92. The van der Waals surface area contributed by atoms with Crippen LogP contribution in [0.5, 0.6) is 0 Å². The number of hydrogen-bond acceptors (Lipinski definition) is 2. The van der Waals surface area contributed by atoms with Crippen molar-refractivity contribution >= 4 is 0 Å². The molecule has 1 aromatic heterocycles. The number of aromatic amines is 1. The summed E-state index contributed by atoms with van der Waals surface area (Å²) in [4.78, 5) is 7.55. The highest BCUT2D eigenvalue weighted by atomic mass is 14.9. The maximum atomic E-state index is 5.60. The van der Waals surface area contributed by atoms with Gasteiger partial charge in [0.15, 0.2) is 0 Å². The molecule has 2 rings (SSSR count). The van der Waals surface area contributed by atoms with E-state index in [4.69, 9.17) is 5.73 Å². The number of benzene rings is 1. The van der Waals surface area contributed by atoms with E-state index >= 15 is 0 Å². The number of hydrogen-bond donors (Lipinski definition) is 2. The van der Waals surface area contributed by atoms with Crippen molar-refractivity contribution in [3.8, 4) is 11.3 Å². The van der Waals surface area contributed by atoms with Gasteiger partial charge >= 0.3 is 0 Å². The van der Waals surface area contributed by atoms with Gasteiger partial charge in [-0.1, -0.05) is 37.6 Å². The monoisotopic (exact) mass is 243 g/mol. The molecule has 0 radical (unpaired) electrons. The van der Waals surface area contributed by atoms with Crippen molar-refractivity contribution in [2.75, 3.05) is 6.54 Å². The van der Waals surface area contributed by atoms with E-state index in [2.05, 4.69) is 41.2 Å². The highest BCUT2D eigenvalue weighted by Gasteiger charge is 2.07. The largest absolute Gasteiger partial charge is 0.348 e. The fourth-order valence-corrected chi connectivity index (χ4v) is 2.11. The van der Waals surface area contributed by atoms with Gasteiger partial charge < -0.3 is 10.7 Å². The van der Waals surface area contributed by atoms with E-state index in [0.717, 1.165) is 24.2 Å². The van der Waals surface area contributed by atoms with Crippen molar-refractivity contribution in [1.82, 2.24) is 9.97 Å². The normalized spacial score (nSPS) is 10.8. The van der Waals surface area contributed by atoms with E-state index in [1.165, 1.54) is 24.0 Å². The molecule has 0 spiro atoms. The van der Waals surface area contributed by atoms with Gasteiger partial charge in [0.05, 0.1) is 12.0 Å². The van der Waals surface area contributed by atoms with Crippen LogP contribution in [0.1, 0.15) is 31.0 Å². The first-order valence-corrected chi connectivity index (χ1v) is 6.66. The van der Waals surface area contributed by atoms with Crippen molar-refractivity contribution < 1.29 is 0 Å². The van der Waals surface area contributed by atoms with Crippen LogP contribution in [-0.2, 0) is 12.8 Å². The van der Waals surface area contributed by atoms with Crippen LogP contribution in [-0.4, -0.2) is 16.5 Å². The molecule has 0 amide bonds. The zero-order chi connectivity index (χ0) is 12.8. The first kappa shape index (κ1) is 12.8. The Hall–Kier alpha value is -1.61. The summed E-state index contributed by atoms with van der Waals surface area (Å²) >= 11 is 0. The van der Waals surface area contributed by atoms with E-state index in [1.54, 1.807) is 6.33 Å². The molecule has 3 heteroatoms. The lowest BCUT2D eigenvalue weighted by Gasteiger charge is -2.04. The van der Waals surface area contributed by atoms with Gasteiger partial charge in [-0.25, -0.2) is 4.98 Å². The molecule has 0 bridgehead atoms. The molecule has 96 valence electrons. The quantitative estimate of drug-likeness (QED) is 0.819. The van der Waals surface area contributed by atoms with E-state index in [1.807, 2.05) is 0 Å². The summed E-state index contributed by atoms with van der Waals surface area (Å²) in [5.74, 6) is 0. The zero-order valence-corrected chi connectivity index (χ0v) is 10.9. The van der Waals surface area contributed by atoms with Crippen LogP contribution in [0, 0.1) is 0 Å². The zero-order valence-electron chi connectivity index (χ0n) is 10.9. The van der Waals surface area contributed by atoms with Crippen molar-refractivity contribution in [1.29, 1.82) is 0 Å². The van der Waals surface area contributed by atoms with Gasteiger partial charge in [-0.3, -0.25) is 0 Å². The minimum Gasteiger partial charge on any atom is -0.348 e. The Bertz CT molecular complexity index is 471. The molecular formula is C15H21N3. The summed E-state index contributed by atoms with van der Waals surface area (Å²) in [6.45, 7) is 2.86. The van der Waals surface area contributed by atoms with Gasteiger partial charge in [0.1, 0.15) is 0 Å². The SMILES string of the molecule is CCCCc1ccc(-c2nc[nH]c2CCN)cc1. The minimum atomic E-state index is 0.643. The van der Waals surface area contributed by atoms with Crippen molar-refractivity contribution in [3.05, 3.63) is 41.9 Å². The molecule has 0 aliphatic rings. The second-order valence-electron chi connectivity index (χ2n) is 4.57. The summed E-state index contributed by atoms with van der Waals surface area (Å²) in [7, 11) is 0. The van der Waals surface area contributed by atoms with Crippen LogP contribution in [0.4, 0.5) is 0 Å². The molecule has 0 saturated carbocycles. The molecule has 1 aromatic carbocycles. The fourth-order valence-electron chi connectivity index (χ4n) is 2.11. The molecule has 3 N–H and O–H groups in total. The predicted molar refractivity (Wildman–Crippen MR) is 75.4 cm³/mol. The molecule has 0 aliphatic heterocycles. The van der Waals surface area contributed by atoms with E-state index in [-0.39, 0.29) is 0 Å². The number of unbranched alkanes of at least 4 members (excludes halogenated alkanes) is 1. The smallest absolute Gasteiger partial charge is 0.0929 e. The Kier molecular flexibility index (Phi) is 4.53. The number of nitrogens with one attached hydrogen (secondary N) is 1. The molecule has 3 nitrogen and oxygen atoms in total. The Morgan fingerprint density at radius 3 is 2.61 bits per heavy atom. The number of imidazole rings is 1. The molecule has 18 heavy (non-hydrogen) atoms. The topological polar surface area (TPSA) is 54.7 Å². The highest BCUT2D eigenvalue weighted by molar-refractivity contribution is 5.62. The molecule has 0 unspecified atom stereocenters. The summed E-state index contributed by atoms with van der Waals surface area (Å²) in [5.41, 5.74) is 10.3. The number of aryl methyl sites for hydroxylation is 1. The number of nitrogens with two attached hydrogens (primary N) is 1. The molecule has 1 heterocycles. The molecule has 2 aromatic rings. The van der Waals surface area contributed by atoms with Crippen LogP contribution >= 0.6 is 0 Å². The van der Waals surface area contributed by atoms with Crippen molar-refractivity contribution in [3.63, 3.8) is 0 Å². The summed E-state index contributed by atoms with van der Waals surface area (Å²) < 4.78 is 0. The van der Waals surface area contributed by atoms with Crippen LogP contribution in [0.3, 0.4) is 0 Å². The lowest BCUT2D eigenvalue weighted by atomic mass is 10.0. The van der Waals surface area contributed by atoms with Gasteiger partial charge in [0, 0.05) is 17.7 Å². The van der Waals surface area contributed by atoms with Crippen LogP contribution in [0.2, 0.25) is 0 Å². The van der Waals surface area contributed by atoms with Gasteiger partial charge in [-0.2, -0.15) is 0 Å². The van der Waals surface area contributed by atoms with Crippen LogP contribution in [0.15, 0.2) is 30.6 Å². The standard InChI is InChI=1S/C15H21N3/c1-2-3-4-12-5-7-13(8-6-12)15-14(9-10-16)17-11-18-15/h5-8,11H,2-4,9-10,16H2,1H3,(H,17,18). The van der Waals surface area contributed by atoms with Gasteiger partial charge in [-0.15, -0.1) is 0 Å². The fraction of sp³-hybridized carbons (Fsp3) is 0.400. The summed E-state index contributed by atoms with van der Waals surface area (Å²) in [6.07, 6.45) is 6.23. The maximum absolute atomic E-state index is 5.60. The van der Waals surface area contributed by atoms with Gasteiger partial charge in [-0.05, 0) is 24.9 Å². The van der Waals surface area contributed by atoms with Gasteiger partial charge in [0.2, 0.25) is 0 Å². The molecular weight excluding hydrogens is 222 g/mol.